The Morgan fingerprint density at radius 2 is 1.83 bits per heavy atom. The maximum atomic E-state index is 11.5. The van der Waals surface area contributed by atoms with Gasteiger partial charge in [-0.25, -0.2) is 0 Å². The topological polar surface area (TPSA) is 35.5 Å². The fraction of sp³-hybridized carbons (Fsp3) is 0.533. The first-order chi connectivity index (χ1) is 8.59. The van der Waals surface area contributed by atoms with Crippen LogP contribution in [0.25, 0.3) is 0 Å². The Hall–Kier alpha value is -1.35. The van der Waals surface area contributed by atoms with Crippen LogP contribution >= 0.6 is 0 Å². The second-order valence-electron chi connectivity index (χ2n) is 4.71. The number of benzene rings is 1. The lowest BCUT2D eigenvalue weighted by Crippen LogP contribution is -2.20. The molecule has 0 aliphatic rings. The van der Waals surface area contributed by atoms with Gasteiger partial charge in [0.15, 0.2) is 0 Å². The molecule has 0 saturated heterocycles. The Morgan fingerprint density at radius 3 is 2.44 bits per heavy atom. The van der Waals surface area contributed by atoms with Crippen molar-refractivity contribution in [2.45, 2.75) is 39.9 Å². The van der Waals surface area contributed by atoms with Gasteiger partial charge < -0.3 is 9.47 Å². The van der Waals surface area contributed by atoms with Crippen molar-refractivity contribution in [2.75, 3.05) is 6.61 Å². The summed E-state index contributed by atoms with van der Waals surface area (Å²) in [5, 5.41) is 0. The zero-order valence-electron chi connectivity index (χ0n) is 11.4. The third-order valence-corrected chi connectivity index (χ3v) is 2.56. The van der Waals surface area contributed by atoms with Crippen LogP contribution in [0.3, 0.4) is 0 Å². The van der Waals surface area contributed by atoms with Crippen molar-refractivity contribution >= 4 is 5.97 Å². The summed E-state index contributed by atoms with van der Waals surface area (Å²) >= 11 is 0. The molecular formula is C15H22O3. The van der Waals surface area contributed by atoms with Gasteiger partial charge in [0.05, 0.1) is 18.6 Å². The minimum absolute atomic E-state index is 0.0508. The molecule has 0 aliphatic carbocycles. The lowest BCUT2D eigenvalue weighted by Gasteiger charge is -2.13. The lowest BCUT2D eigenvalue weighted by molar-refractivity contribution is -0.152. The number of carbonyl (C=O) groups is 1. The predicted molar refractivity (Wildman–Crippen MR) is 71.1 cm³/mol. The highest BCUT2D eigenvalue weighted by Crippen LogP contribution is 2.08. The maximum absolute atomic E-state index is 11.5. The molecule has 3 nitrogen and oxygen atoms in total. The molecule has 0 radical (unpaired) electrons. The number of hydrogen-bond donors (Lipinski definition) is 0. The zero-order valence-corrected chi connectivity index (χ0v) is 11.4. The zero-order chi connectivity index (χ0) is 13.4. The third-order valence-electron chi connectivity index (χ3n) is 2.56. The van der Waals surface area contributed by atoms with Crippen LogP contribution in [-0.4, -0.2) is 18.7 Å². The molecule has 100 valence electrons. The Labute approximate surface area is 109 Å². The van der Waals surface area contributed by atoms with Crippen LogP contribution in [0.4, 0.5) is 0 Å². The van der Waals surface area contributed by atoms with Crippen LogP contribution in [0.2, 0.25) is 0 Å². The van der Waals surface area contributed by atoms with E-state index in [1.807, 2.05) is 51.1 Å². The molecular weight excluding hydrogens is 228 g/mol. The molecule has 0 N–H and O–H groups in total. The summed E-state index contributed by atoms with van der Waals surface area (Å²) in [6.07, 6.45) is 0.642. The van der Waals surface area contributed by atoms with Crippen LogP contribution in [-0.2, 0) is 20.9 Å². The minimum Gasteiger partial charge on any atom is -0.463 e. The van der Waals surface area contributed by atoms with Crippen molar-refractivity contribution < 1.29 is 14.3 Å². The number of ether oxygens (including phenoxy) is 2. The SMILES string of the molecule is CC(C)OC(=O)[C@H](C)CCOCc1ccccc1. The van der Waals surface area contributed by atoms with E-state index in [-0.39, 0.29) is 18.0 Å². The van der Waals surface area contributed by atoms with E-state index in [0.717, 1.165) is 5.56 Å². The van der Waals surface area contributed by atoms with Crippen molar-refractivity contribution in [3.05, 3.63) is 35.9 Å². The van der Waals surface area contributed by atoms with E-state index in [4.69, 9.17) is 9.47 Å². The van der Waals surface area contributed by atoms with Gasteiger partial charge in [0, 0.05) is 6.61 Å². The second kappa shape index (κ2) is 7.88. The summed E-state index contributed by atoms with van der Waals surface area (Å²) in [5.41, 5.74) is 1.15. The normalized spacial score (nSPS) is 12.4. The summed E-state index contributed by atoms with van der Waals surface area (Å²) < 4.78 is 10.7. The smallest absolute Gasteiger partial charge is 0.308 e. The van der Waals surface area contributed by atoms with E-state index in [1.54, 1.807) is 0 Å². The molecule has 0 bridgehead atoms. The average Bonchev–Trinajstić information content (AvgIpc) is 2.34. The van der Waals surface area contributed by atoms with Gasteiger partial charge in [-0.1, -0.05) is 37.3 Å². The Bertz CT molecular complexity index is 346. The van der Waals surface area contributed by atoms with E-state index in [9.17, 15) is 4.79 Å². The van der Waals surface area contributed by atoms with Crippen LogP contribution in [0.5, 0.6) is 0 Å². The summed E-state index contributed by atoms with van der Waals surface area (Å²) in [6.45, 7) is 6.75. The number of hydrogen-bond acceptors (Lipinski definition) is 3. The second-order valence-corrected chi connectivity index (χ2v) is 4.71. The van der Waals surface area contributed by atoms with Gasteiger partial charge >= 0.3 is 5.97 Å². The van der Waals surface area contributed by atoms with Crippen molar-refractivity contribution in [1.29, 1.82) is 0 Å². The average molecular weight is 250 g/mol. The molecule has 1 atom stereocenters. The molecule has 0 aromatic heterocycles. The standard InChI is InChI=1S/C15H22O3/c1-12(2)18-15(16)13(3)9-10-17-11-14-7-5-4-6-8-14/h4-8,12-13H,9-11H2,1-3H3/t13-/m1/s1. The summed E-state index contributed by atoms with van der Waals surface area (Å²) in [7, 11) is 0. The van der Waals surface area contributed by atoms with E-state index in [1.165, 1.54) is 0 Å². The molecule has 3 heteroatoms. The van der Waals surface area contributed by atoms with Gasteiger partial charge in [-0.2, -0.15) is 0 Å². The van der Waals surface area contributed by atoms with E-state index >= 15 is 0 Å². The largest absolute Gasteiger partial charge is 0.463 e. The fourth-order valence-corrected chi connectivity index (χ4v) is 1.49. The van der Waals surface area contributed by atoms with Crippen LogP contribution in [0.1, 0.15) is 32.8 Å². The quantitative estimate of drug-likeness (QED) is 0.550. The molecule has 1 aromatic carbocycles. The molecule has 0 fully saturated rings. The van der Waals surface area contributed by atoms with Crippen molar-refractivity contribution in [1.82, 2.24) is 0 Å². The molecule has 18 heavy (non-hydrogen) atoms. The van der Waals surface area contributed by atoms with Gasteiger partial charge in [-0.3, -0.25) is 4.79 Å². The van der Waals surface area contributed by atoms with Crippen LogP contribution in [0.15, 0.2) is 30.3 Å². The molecule has 1 aromatic rings. The molecule has 0 heterocycles. The van der Waals surface area contributed by atoms with Gasteiger partial charge in [0.25, 0.3) is 0 Å². The molecule has 0 aliphatic heterocycles. The Kier molecular flexibility index (Phi) is 6.44. The molecule has 0 unspecified atom stereocenters. The maximum Gasteiger partial charge on any atom is 0.308 e. The first-order valence-corrected chi connectivity index (χ1v) is 6.41. The molecule has 0 saturated carbocycles. The van der Waals surface area contributed by atoms with Crippen molar-refractivity contribution in [3.8, 4) is 0 Å². The van der Waals surface area contributed by atoms with Gasteiger partial charge in [0.2, 0.25) is 0 Å². The van der Waals surface area contributed by atoms with E-state index in [2.05, 4.69) is 0 Å². The molecule has 1 rings (SSSR count). The van der Waals surface area contributed by atoms with Crippen molar-refractivity contribution in [2.24, 2.45) is 5.92 Å². The van der Waals surface area contributed by atoms with Gasteiger partial charge in [0.1, 0.15) is 0 Å². The Morgan fingerprint density at radius 1 is 1.17 bits per heavy atom. The van der Waals surface area contributed by atoms with E-state index in [0.29, 0.717) is 19.6 Å². The van der Waals surface area contributed by atoms with E-state index < -0.39 is 0 Å². The highest BCUT2D eigenvalue weighted by atomic mass is 16.5. The minimum atomic E-state index is -0.145. The third kappa shape index (κ3) is 5.82. The number of esters is 1. The lowest BCUT2D eigenvalue weighted by atomic mass is 10.1. The predicted octanol–water partition coefficient (Wildman–Crippen LogP) is 3.18. The van der Waals surface area contributed by atoms with Gasteiger partial charge in [-0.05, 0) is 25.8 Å². The molecule has 0 spiro atoms. The van der Waals surface area contributed by atoms with Gasteiger partial charge in [-0.15, -0.1) is 0 Å². The number of rotatable bonds is 7. The monoisotopic (exact) mass is 250 g/mol. The first-order valence-electron chi connectivity index (χ1n) is 6.41. The fourth-order valence-electron chi connectivity index (χ4n) is 1.49. The highest BCUT2D eigenvalue weighted by molar-refractivity contribution is 5.72. The number of carbonyl (C=O) groups excluding carboxylic acids is 1. The molecule has 0 amide bonds. The highest BCUT2D eigenvalue weighted by Gasteiger charge is 2.15. The first kappa shape index (κ1) is 14.7. The van der Waals surface area contributed by atoms with Crippen LogP contribution < -0.4 is 0 Å². The van der Waals surface area contributed by atoms with Crippen LogP contribution in [0, 0.1) is 5.92 Å². The summed E-state index contributed by atoms with van der Waals surface area (Å²) in [5.74, 6) is -0.253. The summed E-state index contributed by atoms with van der Waals surface area (Å²) in [4.78, 5) is 11.5. The van der Waals surface area contributed by atoms with Crippen molar-refractivity contribution in [3.63, 3.8) is 0 Å². The Balaban J connectivity index is 2.16. The summed E-state index contributed by atoms with van der Waals surface area (Å²) in [6, 6.07) is 10.0.